The van der Waals surface area contributed by atoms with Crippen molar-refractivity contribution in [1.29, 1.82) is 0 Å². The lowest BCUT2D eigenvalue weighted by atomic mass is 9.84. The van der Waals surface area contributed by atoms with E-state index in [1.807, 2.05) is 0 Å². The molecule has 0 aliphatic carbocycles. The highest BCUT2D eigenvalue weighted by atomic mass is 19.4. The summed E-state index contributed by atoms with van der Waals surface area (Å²) in [7, 11) is 0. The molecule has 96 valence electrons. The average Bonchev–Trinajstić information content (AvgIpc) is 2.15. The summed E-state index contributed by atoms with van der Waals surface area (Å²) < 4.78 is 50.7. The van der Waals surface area contributed by atoms with Crippen LogP contribution < -0.4 is 5.90 Å². The van der Waals surface area contributed by atoms with Gasteiger partial charge in [0.25, 0.3) is 0 Å². The third kappa shape index (κ3) is 3.41. The molecule has 0 atom stereocenters. The van der Waals surface area contributed by atoms with E-state index in [2.05, 4.69) is 4.84 Å². The highest BCUT2D eigenvalue weighted by Crippen LogP contribution is 2.33. The molecule has 17 heavy (non-hydrogen) atoms. The number of rotatable bonds is 3. The van der Waals surface area contributed by atoms with Crippen molar-refractivity contribution in [2.24, 2.45) is 5.90 Å². The van der Waals surface area contributed by atoms with Gasteiger partial charge in [-0.05, 0) is 23.8 Å². The minimum absolute atomic E-state index is 0.00620. The summed E-state index contributed by atoms with van der Waals surface area (Å²) in [5.74, 6) is 3.97. The molecule has 0 saturated carbocycles. The SMILES string of the molecule is CC(C)(CON)c1cc(F)cc(C(F)(F)F)c1. The van der Waals surface area contributed by atoms with Crippen molar-refractivity contribution in [1.82, 2.24) is 0 Å². The summed E-state index contributed by atoms with van der Waals surface area (Å²) >= 11 is 0. The molecule has 0 spiro atoms. The van der Waals surface area contributed by atoms with Crippen molar-refractivity contribution in [3.63, 3.8) is 0 Å². The van der Waals surface area contributed by atoms with Gasteiger partial charge < -0.3 is 4.84 Å². The lowest BCUT2D eigenvalue weighted by Crippen LogP contribution is -2.27. The highest BCUT2D eigenvalue weighted by molar-refractivity contribution is 5.31. The number of nitrogens with two attached hydrogens (primary N) is 1. The van der Waals surface area contributed by atoms with E-state index in [0.29, 0.717) is 6.07 Å². The molecule has 0 aliphatic rings. The first-order chi connectivity index (χ1) is 7.66. The molecule has 0 fully saturated rings. The standard InChI is InChI=1S/C11H13F4NO/c1-10(2,6-17-16)7-3-8(11(13,14)15)5-9(12)4-7/h3-5H,6,16H2,1-2H3. The Bertz CT molecular complexity index is 401. The highest BCUT2D eigenvalue weighted by Gasteiger charge is 2.33. The molecule has 2 nitrogen and oxygen atoms in total. The molecule has 0 aromatic heterocycles. The molecule has 2 N–H and O–H groups in total. The van der Waals surface area contributed by atoms with E-state index in [0.717, 1.165) is 12.1 Å². The maximum atomic E-state index is 13.2. The molecular weight excluding hydrogens is 238 g/mol. The van der Waals surface area contributed by atoms with Crippen molar-refractivity contribution in [2.45, 2.75) is 25.4 Å². The van der Waals surface area contributed by atoms with Gasteiger partial charge in [-0.15, -0.1) is 0 Å². The van der Waals surface area contributed by atoms with E-state index in [-0.39, 0.29) is 12.2 Å². The number of hydrogen-bond acceptors (Lipinski definition) is 2. The maximum absolute atomic E-state index is 13.2. The van der Waals surface area contributed by atoms with Crippen LogP contribution in [0, 0.1) is 5.82 Å². The van der Waals surface area contributed by atoms with Crippen LogP contribution in [-0.4, -0.2) is 6.61 Å². The Morgan fingerprint density at radius 2 is 1.65 bits per heavy atom. The van der Waals surface area contributed by atoms with Gasteiger partial charge in [-0.3, -0.25) is 0 Å². The van der Waals surface area contributed by atoms with Gasteiger partial charge in [0.15, 0.2) is 0 Å². The fourth-order valence-corrected chi connectivity index (χ4v) is 1.44. The summed E-state index contributed by atoms with van der Waals surface area (Å²) in [5.41, 5.74) is -1.62. The summed E-state index contributed by atoms with van der Waals surface area (Å²) in [5, 5.41) is 0. The van der Waals surface area contributed by atoms with E-state index in [1.54, 1.807) is 13.8 Å². The van der Waals surface area contributed by atoms with Gasteiger partial charge in [0.2, 0.25) is 0 Å². The minimum atomic E-state index is -4.57. The zero-order valence-corrected chi connectivity index (χ0v) is 9.44. The van der Waals surface area contributed by atoms with Crippen LogP contribution in [-0.2, 0) is 16.4 Å². The summed E-state index contributed by atoms with van der Waals surface area (Å²) in [6, 6.07) is 2.42. The third-order valence-corrected chi connectivity index (χ3v) is 2.45. The number of halogens is 4. The first-order valence-corrected chi connectivity index (χ1v) is 4.87. The van der Waals surface area contributed by atoms with Crippen molar-refractivity contribution in [2.75, 3.05) is 6.61 Å². The number of benzene rings is 1. The molecule has 0 heterocycles. The van der Waals surface area contributed by atoms with Crippen molar-refractivity contribution in [3.8, 4) is 0 Å². The van der Waals surface area contributed by atoms with Gasteiger partial charge in [-0.2, -0.15) is 13.2 Å². The quantitative estimate of drug-likeness (QED) is 0.662. The van der Waals surface area contributed by atoms with Crippen LogP contribution in [0.2, 0.25) is 0 Å². The first-order valence-electron chi connectivity index (χ1n) is 4.87. The third-order valence-electron chi connectivity index (χ3n) is 2.45. The Labute approximate surface area is 96.3 Å². The van der Waals surface area contributed by atoms with Crippen LogP contribution in [0.4, 0.5) is 17.6 Å². The van der Waals surface area contributed by atoms with Crippen LogP contribution in [0.15, 0.2) is 18.2 Å². The van der Waals surface area contributed by atoms with Gasteiger partial charge in [-0.25, -0.2) is 10.3 Å². The first kappa shape index (κ1) is 13.9. The normalized spacial score (nSPS) is 12.9. The molecule has 0 saturated heterocycles. The Morgan fingerprint density at radius 1 is 1.12 bits per heavy atom. The van der Waals surface area contributed by atoms with Crippen LogP contribution in [0.3, 0.4) is 0 Å². The van der Waals surface area contributed by atoms with Gasteiger partial charge in [-0.1, -0.05) is 13.8 Å². The van der Waals surface area contributed by atoms with Gasteiger partial charge in [0.1, 0.15) is 5.82 Å². The molecule has 1 aromatic carbocycles. The second kappa shape index (κ2) is 4.62. The van der Waals surface area contributed by atoms with Gasteiger partial charge in [0, 0.05) is 5.41 Å². The largest absolute Gasteiger partial charge is 0.416 e. The maximum Gasteiger partial charge on any atom is 0.416 e. The molecule has 0 aliphatic heterocycles. The molecule has 1 rings (SSSR count). The lowest BCUT2D eigenvalue weighted by molar-refractivity contribution is -0.137. The van der Waals surface area contributed by atoms with Gasteiger partial charge >= 0.3 is 6.18 Å². The Kier molecular flexibility index (Phi) is 3.78. The van der Waals surface area contributed by atoms with Crippen molar-refractivity contribution >= 4 is 0 Å². The average molecular weight is 251 g/mol. The zero-order chi connectivity index (χ0) is 13.3. The molecule has 1 aromatic rings. The summed E-state index contributed by atoms with van der Waals surface area (Å²) in [6.07, 6.45) is -4.57. The second-order valence-corrected chi connectivity index (χ2v) is 4.42. The van der Waals surface area contributed by atoms with E-state index >= 15 is 0 Å². The number of hydrogen-bond donors (Lipinski definition) is 1. The van der Waals surface area contributed by atoms with E-state index < -0.39 is 23.0 Å². The topological polar surface area (TPSA) is 35.2 Å². The smallest absolute Gasteiger partial charge is 0.304 e. The molecule has 0 radical (unpaired) electrons. The second-order valence-electron chi connectivity index (χ2n) is 4.42. The van der Waals surface area contributed by atoms with Crippen molar-refractivity contribution in [3.05, 3.63) is 35.1 Å². The molecule has 6 heteroatoms. The van der Waals surface area contributed by atoms with Crippen LogP contribution in [0.1, 0.15) is 25.0 Å². The zero-order valence-electron chi connectivity index (χ0n) is 9.44. The van der Waals surface area contributed by atoms with Crippen LogP contribution in [0.5, 0.6) is 0 Å². The number of alkyl halides is 3. The summed E-state index contributed by atoms with van der Waals surface area (Å²) in [4.78, 5) is 4.42. The molecular formula is C11H13F4NO. The Balaban J connectivity index is 3.23. The monoisotopic (exact) mass is 251 g/mol. The Morgan fingerprint density at radius 3 is 2.12 bits per heavy atom. The van der Waals surface area contributed by atoms with Crippen molar-refractivity contribution < 1.29 is 22.4 Å². The fraction of sp³-hybridized carbons (Fsp3) is 0.455. The summed E-state index contributed by atoms with van der Waals surface area (Å²) in [6.45, 7) is 3.23. The predicted molar refractivity (Wildman–Crippen MR) is 54.6 cm³/mol. The predicted octanol–water partition coefficient (Wildman–Crippen LogP) is 3.01. The molecule has 0 amide bonds. The van der Waals surface area contributed by atoms with Crippen LogP contribution in [0.25, 0.3) is 0 Å². The fourth-order valence-electron chi connectivity index (χ4n) is 1.44. The Hall–Kier alpha value is -1.14. The molecule has 0 bridgehead atoms. The van der Waals surface area contributed by atoms with E-state index in [1.165, 1.54) is 0 Å². The minimum Gasteiger partial charge on any atom is -0.304 e. The lowest BCUT2D eigenvalue weighted by Gasteiger charge is -2.24. The van der Waals surface area contributed by atoms with E-state index in [9.17, 15) is 17.6 Å². The van der Waals surface area contributed by atoms with Crippen LogP contribution >= 0.6 is 0 Å². The van der Waals surface area contributed by atoms with Gasteiger partial charge in [0.05, 0.1) is 12.2 Å². The van der Waals surface area contributed by atoms with E-state index in [4.69, 9.17) is 5.90 Å². The molecule has 0 unspecified atom stereocenters.